The summed E-state index contributed by atoms with van der Waals surface area (Å²) >= 11 is 3.48. The van der Waals surface area contributed by atoms with Crippen LogP contribution in [0.5, 0.6) is 0 Å². The molecule has 2 heterocycles. The van der Waals surface area contributed by atoms with Crippen LogP contribution in [0.1, 0.15) is 0 Å². The van der Waals surface area contributed by atoms with Crippen molar-refractivity contribution in [3.63, 3.8) is 0 Å². The van der Waals surface area contributed by atoms with Crippen molar-refractivity contribution in [2.75, 3.05) is 0 Å². The maximum Gasteiger partial charge on any atom is 0.106 e. The fraction of sp³-hybridized carbons (Fsp3) is 0.286. The Morgan fingerprint density at radius 1 is 1.50 bits per heavy atom. The van der Waals surface area contributed by atoms with Crippen molar-refractivity contribution in [1.29, 1.82) is 5.26 Å². The summed E-state index contributed by atoms with van der Waals surface area (Å²) in [4.78, 5) is 0.881. The van der Waals surface area contributed by atoms with Gasteiger partial charge in [0.2, 0.25) is 0 Å². The molecule has 0 saturated carbocycles. The summed E-state index contributed by atoms with van der Waals surface area (Å²) < 4.78 is 0. The summed E-state index contributed by atoms with van der Waals surface area (Å²) in [5, 5.41) is 11.7. The molecule has 0 spiro atoms. The van der Waals surface area contributed by atoms with Gasteiger partial charge in [-0.1, -0.05) is 6.08 Å². The largest absolute Gasteiger partial charge is 0.192 e. The van der Waals surface area contributed by atoms with Crippen molar-refractivity contribution in [3.8, 4) is 6.07 Å². The van der Waals surface area contributed by atoms with Gasteiger partial charge in [0.25, 0.3) is 0 Å². The van der Waals surface area contributed by atoms with E-state index in [0.717, 1.165) is 4.91 Å². The zero-order valence-electron chi connectivity index (χ0n) is 5.15. The van der Waals surface area contributed by atoms with Gasteiger partial charge in [0, 0.05) is 10.5 Å². The average Bonchev–Trinajstić information content (AvgIpc) is 2.42. The molecule has 3 heteroatoms. The van der Waals surface area contributed by atoms with Crippen LogP contribution in [0.3, 0.4) is 0 Å². The molecule has 0 saturated heterocycles. The zero-order valence-corrected chi connectivity index (χ0v) is 6.78. The van der Waals surface area contributed by atoms with Gasteiger partial charge in [-0.2, -0.15) is 5.26 Å². The minimum absolute atomic E-state index is 0.541. The molecule has 0 aliphatic carbocycles. The van der Waals surface area contributed by atoms with E-state index in [2.05, 4.69) is 23.6 Å². The van der Waals surface area contributed by atoms with Gasteiger partial charge in [0.15, 0.2) is 0 Å². The number of hydrogen-bond acceptors (Lipinski definition) is 3. The first-order chi connectivity index (χ1) is 4.90. The van der Waals surface area contributed by atoms with Gasteiger partial charge in [-0.25, -0.2) is 0 Å². The van der Waals surface area contributed by atoms with Crippen molar-refractivity contribution >= 4 is 23.5 Å². The minimum Gasteiger partial charge on any atom is -0.192 e. The van der Waals surface area contributed by atoms with Gasteiger partial charge in [0.1, 0.15) is 6.07 Å². The highest BCUT2D eigenvalue weighted by Gasteiger charge is 2.29. The highest BCUT2D eigenvalue weighted by Crippen LogP contribution is 2.43. The van der Waals surface area contributed by atoms with Gasteiger partial charge in [-0.3, -0.25) is 0 Å². The second-order valence-corrected chi connectivity index (χ2v) is 4.46. The third kappa shape index (κ3) is 0.882. The van der Waals surface area contributed by atoms with Crippen LogP contribution >= 0.6 is 23.5 Å². The van der Waals surface area contributed by atoms with Crippen LogP contribution in [0, 0.1) is 11.3 Å². The summed E-state index contributed by atoms with van der Waals surface area (Å²) in [5.41, 5.74) is 0. The lowest BCUT2D eigenvalue weighted by molar-refractivity contribution is 1.14. The molecular formula is C7H5NS2. The number of allylic oxidation sites excluding steroid dienone is 1. The Bertz CT molecular complexity index is 249. The Balaban J connectivity index is 2.19. The number of hydrogen-bond donors (Lipinski definition) is 0. The highest BCUT2D eigenvalue weighted by atomic mass is 32.2. The minimum atomic E-state index is 0.541. The normalized spacial score (nSPS) is 35.3. The van der Waals surface area contributed by atoms with Crippen LogP contribution in [-0.2, 0) is 0 Å². The molecule has 50 valence electrons. The first kappa shape index (κ1) is 6.38. The molecule has 0 aromatic rings. The molecule has 0 aromatic carbocycles. The third-order valence-corrected chi connectivity index (χ3v) is 3.95. The molecule has 2 aliphatic heterocycles. The predicted molar refractivity (Wildman–Crippen MR) is 45.6 cm³/mol. The molecule has 2 unspecified atom stereocenters. The predicted octanol–water partition coefficient (Wildman–Crippen LogP) is 2.14. The smallest absolute Gasteiger partial charge is 0.106 e. The Hall–Kier alpha value is -0.330. The van der Waals surface area contributed by atoms with Crippen LogP contribution in [0.15, 0.2) is 22.5 Å². The van der Waals surface area contributed by atoms with E-state index in [-0.39, 0.29) is 0 Å². The van der Waals surface area contributed by atoms with E-state index in [9.17, 15) is 0 Å². The molecule has 2 rings (SSSR count). The maximum absolute atomic E-state index is 8.55. The molecule has 0 aromatic heterocycles. The maximum atomic E-state index is 8.55. The SMILES string of the molecule is N#CC1=CC2SC=CC2S1. The first-order valence-corrected chi connectivity index (χ1v) is 4.83. The van der Waals surface area contributed by atoms with Crippen molar-refractivity contribution < 1.29 is 0 Å². The van der Waals surface area contributed by atoms with Crippen molar-refractivity contribution in [2.45, 2.75) is 10.5 Å². The van der Waals surface area contributed by atoms with Gasteiger partial charge < -0.3 is 0 Å². The first-order valence-electron chi connectivity index (χ1n) is 3.01. The van der Waals surface area contributed by atoms with Crippen molar-refractivity contribution in [3.05, 3.63) is 22.5 Å². The van der Waals surface area contributed by atoms with Crippen LogP contribution in [0.2, 0.25) is 0 Å². The molecule has 0 radical (unpaired) electrons. The van der Waals surface area contributed by atoms with E-state index in [1.807, 2.05) is 0 Å². The lowest BCUT2D eigenvalue weighted by Crippen LogP contribution is -2.04. The van der Waals surface area contributed by atoms with Crippen LogP contribution in [0.4, 0.5) is 0 Å². The number of nitriles is 1. The van der Waals surface area contributed by atoms with Crippen LogP contribution < -0.4 is 0 Å². The molecule has 0 N–H and O–H groups in total. The summed E-state index contributed by atoms with van der Waals surface area (Å²) in [6.45, 7) is 0. The fourth-order valence-electron chi connectivity index (χ4n) is 1.04. The topological polar surface area (TPSA) is 23.8 Å². The quantitative estimate of drug-likeness (QED) is 0.552. The lowest BCUT2D eigenvalue weighted by atomic mass is 10.3. The van der Waals surface area contributed by atoms with Crippen LogP contribution in [0.25, 0.3) is 0 Å². The molecule has 10 heavy (non-hydrogen) atoms. The van der Waals surface area contributed by atoms with E-state index in [4.69, 9.17) is 5.26 Å². The molecule has 0 fully saturated rings. The molecule has 1 nitrogen and oxygen atoms in total. The highest BCUT2D eigenvalue weighted by molar-refractivity contribution is 8.08. The molecule has 0 amide bonds. The summed E-state index contributed by atoms with van der Waals surface area (Å²) in [5.74, 6) is 0. The number of rotatable bonds is 0. The second kappa shape index (κ2) is 2.37. The summed E-state index contributed by atoms with van der Waals surface area (Å²) in [6.07, 6.45) is 4.22. The standard InChI is InChI=1S/C7H5NS2/c8-4-5-3-7-6(10-5)1-2-9-7/h1-3,6-7H. The van der Waals surface area contributed by atoms with E-state index < -0.39 is 0 Å². The summed E-state index contributed by atoms with van der Waals surface area (Å²) in [7, 11) is 0. The van der Waals surface area contributed by atoms with E-state index in [1.54, 1.807) is 23.5 Å². The van der Waals surface area contributed by atoms with Gasteiger partial charge in [-0.05, 0) is 11.5 Å². The Morgan fingerprint density at radius 3 is 3.10 bits per heavy atom. The number of nitrogens with zero attached hydrogens (tertiary/aromatic N) is 1. The Labute approximate surface area is 68.2 Å². The number of thioether (sulfide) groups is 2. The third-order valence-electron chi connectivity index (χ3n) is 1.52. The van der Waals surface area contributed by atoms with Crippen molar-refractivity contribution in [2.24, 2.45) is 0 Å². The van der Waals surface area contributed by atoms with Crippen LogP contribution in [-0.4, -0.2) is 10.5 Å². The monoisotopic (exact) mass is 167 g/mol. The molecule has 2 aliphatic rings. The second-order valence-electron chi connectivity index (χ2n) is 2.15. The van der Waals surface area contributed by atoms with Gasteiger partial charge >= 0.3 is 0 Å². The summed E-state index contributed by atoms with van der Waals surface area (Å²) in [6, 6.07) is 2.17. The fourth-order valence-corrected chi connectivity index (χ4v) is 3.43. The number of fused-ring (bicyclic) bond motifs is 1. The Morgan fingerprint density at radius 2 is 2.40 bits per heavy atom. The lowest BCUT2D eigenvalue weighted by Gasteiger charge is -2.02. The molecule has 2 atom stereocenters. The van der Waals surface area contributed by atoms with Gasteiger partial charge in [-0.15, -0.1) is 23.5 Å². The van der Waals surface area contributed by atoms with E-state index in [0.29, 0.717) is 10.5 Å². The average molecular weight is 167 g/mol. The molecule has 0 bridgehead atoms. The van der Waals surface area contributed by atoms with E-state index in [1.165, 1.54) is 0 Å². The van der Waals surface area contributed by atoms with Gasteiger partial charge in [0.05, 0.1) is 4.91 Å². The Kier molecular flexibility index (Phi) is 1.51. The van der Waals surface area contributed by atoms with Crippen molar-refractivity contribution in [1.82, 2.24) is 0 Å². The van der Waals surface area contributed by atoms with E-state index >= 15 is 0 Å². The zero-order chi connectivity index (χ0) is 6.97. The molecular weight excluding hydrogens is 162 g/mol.